The van der Waals surface area contributed by atoms with Crippen LogP contribution in [0.2, 0.25) is 0 Å². The van der Waals surface area contributed by atoms with Crippen molar-refractivity contribution >= 4 is 22.6 Å². The number of H-pyrrole nitrogens is 1. The maximum absolute atomic E-state index is 14.1. The lowest BCUT2D eigenvalue weighted by Gasteiger charge is -2.20. The van der Waals surface area contributed by atoms with Gasteiger partial charge in [0.2, 0.25) is 0 Å². The number of hydrogen-bond donors (Lipinski definition) is 2. The zero-order valence-corrected chi connectivity index (χ0v) is 22.9. The Morgan fingerprint density at radius 1 is 0.953 bits per heavy atom. The number of benzene rings is 3. The summed E-state index contributed by atoms with van der Waals surface area (Å²) < 4.78 is 67.7. The number of pyridine rings is 1. The number of nitrogens with zero attached hydrogens (tertiary/aromatic N) is 1. The van der Waals surface area contributed by atoms with Gasteiger partial charge in [-0.15, -0.1) is 0 Å². The van der Waals surface area contributed by atoms with Crippen molar-refractivity contribution in [1.29, 1.82) is 0 Å². The molecule has 0 saturated heterocycles. The predicted molar refractivity (Wildman–Crippen MR) is 152 cm³/mol. The molecule has 5 aromatic rings. The third kappa shape index (κ3) is 6.80. The third-order valence-electron chi connectivity index (χ3n) is 7.25. The van der Waals surface area contributed by atoms with Gasteiger partial charge in [-0.05, 0) is 65.6 Å². The minimum atomic E-state index is -4.50. The van der Waals surface area contributed by atoms with E-state index in [1.54, 1.807) is 42.6 Å². The van der Waals surface area contributed by atoms with Crippen molar-refractivity contribution in [3.63, 3.8) is 0 Å². The fourth-order valence-corrected chi connectivity index (χ4v) is 5.31. The fraction of sp³-hybridized carbons (Fsp3) is 0.182. The molecular weight excluding hydrogens is 565 g/mol. The van der Waals surface area contributed by atoms with E-state index < -0.39 is 29.3 Å². The molecule has 0 aliphatic carbocycles. The van der Waals surface area contributed by atoms with Crippen LogP contribution in [0.15, 0.2) is 85.2 Å². The first-order valence-corrected chi connectivity index (χ1v) is 13.4. The number of amides is 1. The molecule has 5 rings (SSSR count). The van der Waals surface area contributed by atoms with Crippen LogP contribution in [0.5, 0.6) is 0 Å². The smallest absolute Gasteiger partial charge is 0.361 e. The van der Waals surface area contributed by atoms with Gasteiger partial charge in [-0.1, -0.05) is 24.3 Å². The zero-order valence-electron chi connectivity index (χ0n) is 22.9. The number of aromatic amines is 1. The molecule has 43 heavy (non-hydrogen) atoms. The topological polar surface area (TPSA) is 74.8 Å². The number of hydrogen-bond acceptors (Lipinski definition) is 3. The van der Waals surface area contributed by atoms with E-state index in [0.29, 0.717) is 38.9 Å². The molecular formula is C33H26F5N3O2. The first-order valence-electron chi connectivity index (χ1n) is 13.4. The first-order chi connectivity index (χ1) is 20.5. The van der Waals surface area contributed by atoms with E-state index in [4.69, 9.17) is 0 Å². The van der Waals surface area contributed by atoms with Crippen molar-refractivity contribution in [3.8, 4) is 11.1 Å². The van der Waals surface area contributed by atoms with Crippen LogP contribution in [0.1, 0.15) is 45.1 Å². The Balaban J connectivity index is 1.49. The maximum atomic E-state index is 14.1. The van der Waals surface area contributed by atoms with Gasteiger partial charge in [-0.25, -0.2) is 8.78 Å². The lowest BCUT2D eigenvalue weighted by molar-refractivity contribution is -0.137. The Morgan fingerprint density at radius 3 is 2.44 bits per heavy atom. The monoisotopic (exact) mass is 591 g/mol. The van der Waals surface area contributed by atoms with Crippen LogP contribution in [0, 0.1) is 11.6 Å². The summed E-state index contributed by atoms with van der Waals surface area (Å²) in [5.74, 6) is -2.64. The number of carbonyl (C=O) groups is 2. The van der Waals surface area contributed by atoms with Crippen LogP contribution in [0.3, 0.4) is 0 Å². The highest BCUT2D eigenvalue weighted by molar-refractivity contribution is 5.95. The summed E-state index contributed by atoms with van der Waals surface area (Å²) >= 11 is 0. The number of ketones is 1. The fourth-order valence-electron chi connectivity index (χ4n) is 5.31. The molecule has 1 amide bonds. The molecule has 10 heteroatoms. The molecule has 0 saturated carbocycles. The number of alkyl halides is 3. The van der Waals surface area contributed by atoms with Crippen molar-refractivity contribution in [3.05, 3.63) is 125 Å². The van der Waals surface area contributed by atoms with Gasteiger partial charge < -0.3 is 10.3 Å². The lowest BCUT2D eigenvalue weighted by atomic mass is 9.85. The van der Waals surface area contributed by atoms with Crippen LogP contribution in [0.25, 0.3) is 22.0 Å². The normalized spacial score (nSPS) is 12.3. The number of nitrogens with one attached hydrogen (secondary N) is 2. The van der Waals surface area contributed by atoms with E-state index in [1.165, 1.54) is 31.4 Å². The van der Waals surface area contributed by atoms with Gasteiger partial charge in [0.25, 0.3) is 5.91 Å². The molecule has 0 unspecified atom stereocenters. The molecule has 0 aliphatic heterocycles. The Morgan fingerprint density at radius 2 is 1.72 bits per heavy atom. The van der Waals surface area contributed by atoms with Gasteiger partial charge in [0.1, 0.15) is 17.4 Å². The van der Waals surface area contributed by atoms with Crippen LogP contribution in [0.4, 0.5) is 22.0 Å². The lowest BCUT2D eigenvalue weighted by Crippen LogP contribution is -2.17. The second-order valence-electron chi connectivity index (χ2n) is 10.3. The van der Waals surface area contributed by atoms with E-state index in [0.717, 1.165) is 18.2 Å². The number of Topliss-reactive ketones (excluding diaryl/α,β-unsaturated/α-hetero) is 1. The maximum Gasteiger partial charge on any atom is 0.416 e. The molecule has 0 fully saturated rings. The average molecular weight is 592 g/mol. The predicted octanol–water partition coefficient (Wildman–Crippen LogP) is 7.41. The largest absolute Gasteiger partial charge is 0.416 e. The summed E-state index contributed by atoms with van der Waals surface area (Å²) in [6.07, 6.45) is -1.49. The molecule has 220 valence electrons. The van der Waals surface area contributed by atoms with E-state index in [-0.39, 0.29) is 36.5 Å². The molecule has 2 N–H and O–H groups in total. The first kappa shape index (κ1) is 29.6. The second kappa shape index (κ2) is 12.2. The van der Waals surface area contributed by atoms with Gasteiger partial charge in [0.15, 0.2) is 0 Å². The summed E-state index contributed by atoms with van der Waals surface area (Å²) in [4.78, 5) is 33.2. The van der Waals surface area contributed by atoms with Crippen LogP contribution >= 0.6 is 0 Å². The number of rotatable bonds is 9. The molecule has 0 radical (unpaired) electrons. The molecule has 0 bridgehead atoms. The van der Waals surface area contributed by atoms with Gasteiger partial charge >= 0.3 is 6.18 Å². The van der Waals surface area contributed by atoms with E-state index in [9.17, 15) is 31.5 Å². The van der Waals surface area contributed by atoms with E-state index in [1.807, 2.05) is 0 Å². The molecule has 5 nitrogen and oxygen atoms in total. The van der Waals surface area contributed by atoms with Crippen molar-refractivity contribution in [1.82, 2.24) is 15.3 Å². The van der Waals surface area contributed by atoms with Gasteiger partial charge in [0, 0.05) is 66.3 Å². The van der Waals surface area contributed by atoms with Gasteiger partial charge in [-0.3, -0.25) is 14.6 Å². The van der Waals surface area contributed by atoms with E-state index in [2.05, 4.69) is 15.3 Å². The third-order valence-corrected chi connectivity index (χ3v) is 7.25. The Bertz CT molecular complexity index is 1790. The quantitative estimate of drug-likeness (QED) is 0.175. The molecule has 0 aliphatic rings. The van der Waals surface area contributed by atoms with Crippen LogP contribution in [-0.4, -0.2) is 28.7 Å². The Hall–Kier alpha value is -4.86. The Labute approximate surface area is 243 Å². The SMILES string of the molecule is CNC(=O)c1cccc(-c2cccnc2[C@@H](CC(=O)Cc2c[nH]c3cc(C(F)(F)F)ccc23)Cc2cc(F)cc(F)c2)c1. The van der Waals surface area contributed by atoms with Crippen molar-refractivity contribution in [2.45, 2.75) is 31.4 Å². The number of fused-ring (bicyclic) bond motifs is 1. The van der Waals surface area contributed by atoms with Gasteiger partial charge in [0.05, 0.1) is 11.3 Å². The second-order valence-corrected chi connectivity index (χ2v) is 10.3. The summed E-state index contributed by atoms with van der Waals surface area (Å²) in [6, 6.07) is 16.9. The van der Waals surface area contributed by atoms with Crippen LogP contribution in [-0.2, 0) is 23.8 Å². The number of aromatic nitrogens is 2. The standard InChI is InChI=1S/C33H26F5N3O2/c1-39-32(43)21-5-2-4-20(13-21)29-6-3-9-40-31(29)22(10-19-11-25(34)17-26(35)12-19)14-27(42)15-23-18-41-30-16-24(33(36,37)38)7-8-28(23)30/h2-9,11-13,16-18,22,41H,10,14-15H2,1H3,(H,39,43)/t22-/m1/s1. The molecule has 0 spiro atoms. The van der Waals surface area contributed by atoms with Crippen molar-refractivity contribution in [2.75, 3.05) is 7.05 Å². The van der Waals surface area contributed by atoms with E-state index >= 15 is 0 Å². The highest BCUT2D eigenvalue weighted by atomic mass is 19.4. The summed E-state index contributed by atoms with van der Waals surface area (Å²) in [5, 5.41) is 3.08. The minimum Gasteiger partial charge on any atom is -0.361 e. The highest BCUT2D eigenvalue weighted by Gasteiger charge is 2.31. The number of halogens is 5. The number of carbonyl (C=O) groups excluding carboxylic acids is 2. The summed E-state index contributed by atoms with van der Waals surface area (Å²) in [7, 11) is 1.52. The molecule has 2 heterocycles. The summed E-state index contributed by atoms with van der Waals surface area (Å²) in [6.45, 7) is 0. The molecule has 3 aromatic carbocycles. The Kier molecular flexibility index (Phi) is 8.38. The molecule has 1 atom stereocenters. The average Bonchev–Trinajstić information content (AvgIpc) is 3.37. The van der Waals surface area contributed by atoms with Crippen molar-refractivity contribution in [2.24, 2.45) is 0 Å². The van der Waals surface area contributed by atoms with Crippen LogP contribution < -0.4 is 5.32 Å². The van der Waals surface area contributed by atoms with Crippen molar-refractivity contribution < 1.29 is 31.5 Å². The minimum absolute atomic E-state index is 0.0649. The summed E-state index contributed by atoms with van der Waals surface area (Å²) in [5.41, 5.74) is 2.56. The van der Waals surface area contributed by atoms with Gasteiger partial charge in [-0.2, -0.15) is 13.2 Å². The highest BCUT2D eigenvalue weighted by Crippen LogP contribution is 2.35. The zero-order chi connectivity index (χ0) is 30.7. The molecule has 2 aromatic heterocycles.